The van der Waals surface area contributed by atoms with Crippen molar-refractivity contribution in [3.63, 3.8) is 0 Å². The summed E-state index contributed by atoms with van der Waals surface area (Å²) in [4.78, 5) is 7.17. The van der Waals surface area contributed by atoms with Gasteiger partial charge in [-0.15, -0.1) is 21.5 Å². The first-order valence-electron chi connectivity index (χ1n) is 8.45. The highest BCUT2D eigenvalue weighted by Crippen LogP contribution is 2.22. The molecular formula is C16H25N5OS. The van der Waals surface area contributed by atoms with Crippen molar-refractivity contribution < 1.29 is 4.74 Å². The molecule has 7 heteroatoms. The predicted octanol–water partition coefficient (Wildman–Crippen LogP) is 2.67. The van der Waals surface area contributed by atoms with Crippen LogP contribution in [0, 0.1) is 0 Å². The number of ether oxygens (including phenoxy) is 1. The molecule has 1 aliphatic heterocycles. The normalized spacial score (nSPS) is 19.3. The van der Waals surface area contributed by atoms with Gasteiger partial charge in [0.05, 0.1) is 17.3 Å². The van der Waals surface area contributed by atoms with Crippen LogP contribution in [0.3, 0.4) is 0 Å². The van der Waals surface area contributed by atoms with Gasteiger partial charge in [0.25, 0.3) is 0 Å². The van der Waals surface area contributed by atoms with E-state index in [9.17, 15) is 0 Å². The van der Waals surface area contributed by atoms with Crippen LogP contribution < -0.4 is 0 Å². The van der Waals surface area contributed by atoms with Gasteiger partial charge in [0.1, 0.15) is 12.4 Å². The molecule has 3 rings (SSSR count). The van der Waals surface area contributed by atoms with E-state index in [4.69, 9.17) is 9.72 Å². The first-order chi connectivity index (χ1) is 11.3. The van der Waals surface area contributed by atoms with Crippen molar-refractivity contribution in [3.8, 4) is 0 Å². The molecule has 0 amide bonds. The monoisotopic (exact) mass is 335 g/mol. The fourth-order valence-electron chi connectivity index (χ4n) is 2.85. The summed E-state index contributed by atoms with van der Waals surface area (Å²) in [5, 5.41) is 11.7. The van der Waals surface area contributed by atoms with Gasteiger partial charge in [-0.25, -0.2) is 4.98 Å². The molecule has 0 saturated carbocycles. The topological polar surface area (TPSA) is 56.1 Å². The summed E-state index contributed by atoms with van der Waals surface area (Å²) in [7, 11) is 0. The van der Waals surface area contributed by atoms with Crippen molar-refractivity contribution in [1.82, 2.24) is 24.6 Å². The number of nitrogens with zero attached hydrogens (tertiary/aromatic N) is 5. The number of hydrogen-bond acceptors (Lipinski definition) is 6. The van der Waals surface area contributed by atoms with Crippen LogP contribution in [0.1, 0.15) is 49.3 Å². The van der Waals surface area contributed by atoms with Crippen molar-refractivity contribution in [3.05, 3.63) is 28.2 Å². The quantitative estimate of drug-likeness (QED) is 0.778. The number of unbranched alkanes of at least 4 members (excludes halogenated alkanes) is 1. The highest BCUT2D eigenvalue weighted by atomic mass is 32.1. The second-order valence-electron chi connectivity index (χ2n) is 5.91. The van der Waals surface area contributed by atoms with E-state index in [1.54, 1.807) is 17.7 Å². The molecule has 126 valence electrons. The smallest absolute Gasteiger partial charge is 0.163 e. The molecule has 0 spiro atoms. The van der Waals surface area contributed by atoms with Gasteiger partial charge in [-0.05, 0) is 19.8 Å². The van der Waals surface area contributed by atoms with Crippen LogP contribution in [0.4, 0.5) is 0 Å². The molecule has 1 fully saturated rings. The minimum Gasteiger partial charge on any atom is -0.368 e. The van der Waals surface area contributed by atoms with Crippen LogP contribution in [0.2, 0.25) is 0 Å². The zero-order valence-corrected chi connectivity index (χ0v) is 14.8. The Balaban J connectivity index is 1.59. The van der Waals surface area contributed by atoms with Gasteiger partial charge in [-0.3, -0.25) is 4.90 Å². The first-order valence-corrected chi connectivity index (χ1v) is 9.33. The number of hydrogen-bond donors (Lipinski definition) is 0. The number of rotatable bonds is 7. The van der Waals surface area contributed by atoms with Gasteiger partial charge in [0, 0.05) is 31.6 Å². The standard InChI is InChI=1S/C16H25N5OS/c1-3-5-6-15-18-13(11-23-15)9-20-7-8-22-14(10-20)16-19-17-12-21(16)4-2/h11-12,14H,3-10H2,1-2H3/t14-/m0/s1. The van der Waals surface area contributed by atoms with E-state index < -0.39 is 0 Å². The maximum atomic E-state index is 5.91. The van der Waals surface area contributed by atoms with E-state index >= 15 is 0 Å². The van der Waals surface area contributed by atoms with Gasteiger partial charge < -0.3 is 9.30 Å². The minimum atomic E-state index is 0.00407. The molecular weight excluding hydrogens is 310 g/mol. The third-order valence-electron chi connectivity index (χ3n) is 4.15. The Hall–Kier alpha value is -1.31. The molecule has 2 aromatic rings. The highest BCUT2D eigenvalue weighted by Gasteiger charge is 2.26. The number of thiazole rings is 1. The van der Waals surface area contributed by atoms with E-state index in [0.29, 0.717) is 0 Å². The molecule has 0 aromatic carbocycles. The molecule has 0 radical (unpaired) electrons. The Morgan fingerprint density at radius 2 is 2.30 bits per heavy atom. The summed E-state index contributed by atoms with van der Waals surface area (Å²) in [5.41, 5.74) is 1.18. The third-order valence-corrected chi connectivity index (χ3v) is 5.11. The van der Waals surface area contributed by atoms with Gasteiger partial charge in [-0.1, -0.05) is 13.3 Å². The summed E-state index contributed by atoms with van der Waals surface area (Å²) in [6, 6.07) is 0. The molecule has 1 atom stereocenters. The largest absolute Gasteiger partial charge is 0.368 e. The summed E-state index contributed by atoms with van der Waals surface area (Å²) >= 11 is 1.79. The van der Waals surface area contributed by atoms with Crippen molar-refractivity contribution in [1.29, 1.82) is 0 Å². The van der Waals surface area contributed by atoms with Gasteiger partial charge in [0.15, 0.2) is 5.82 Å². The Labute approximate surface area is 141 Å². The van der Waals surface area contributed by atoms with Crippen LogP contribution in [0.15, 0.2) is 11.7 Å². The van der Waals surface area contributed by atoms with Crippen LogP contribution in [0.25, 0.3) is 0 Å². The molecule has 0 bridgehead atoms. The summed E-state index contributed by atoms with van der Waals surface area (Å²) in [6.07, 6.45) is 5.33. The van der Waals surface area contributed by atoms with Crippen LogP contribution in [-0.4, -0.2) is 44.3 Å². The van der Waals surface area contributed by atoms with Crippen LogP contribution in [-0.2, 0) is 24.2 Å². The third kappa shape index (κ3) is 4.16. The summed E-state index contributed by atoms with van der Waals surface area (Å²) < 4.78 is 7.96. The molecule has 1 saturated heterocycles. The Bertz CT molecular complexity index is 611. The molecule has 0 aliphatic carbocycles. The number of morpholine rings is 1. The van der Waals surface area contributed by atoms with Crippen molar-refractivity contribution in [2.75, 3.05) is 19.7 Å². The lowest BCUT2D eigenvalue weighted by molar-refractivity contribution is -0.0391. The predicted molar refractivity (Wildman–Crippen MR) is 90.4 cm³/mol. The Morgan fingerprint density at radius 3 is 3.13 bits per heavy atom. The lowest BCUT2D eigenvalue weighted by Crippen LogP contribution is -2.38. The van der Waals surface area contributed by atoms with E-state index in [1.807, 2.05) is 0 Å². The fraction of sp³-hybridized carbons (Fsp3) is 0.688. The summed E-state index contributed by atoms with van der Waals surface area (Å²) in [6.45, 7) is 8.60. The number of aromatic nitrogens is 4. The second kappa shape index (κ2) is 7.99. The van der Waals surface area contributed by atoms with Gasteiger partial charge >= 0.3 is 0 Å². The van der Waals surface area contributed by atoms with Gasteiger partial charge in [-0.2, -0.15) is 0 Å². The van der Waals surface area contributed by atoms with Crippen molar-refractivity contribution in [2.45, 2.75) is 52.3 Å². The van der Waals surface area contributed by atoms with E-state index in [2.05, 4.69) is 38.9 Å². The second-order valence-corrected chi connectivity index (χ2v) is 6.85. The number of aryl methyl sites for hydroxylation is 2. The lowest BCUT2D eigenvalue weighted by atomic mass is 10.2. The molecule has 3 heterocycles. The molecule has 6 nitrogen and oxygen atoms in total. The molecule has 0 N–H and O–H groups in total. The SMILES string of the molecule is CCCCc1nc(CN2CCO[C@H](c3nncn3CC)C2)cs1. The Morgan fingerprint density at radius 1 is 1.39 bits per heavy atom. The lowest BCUT2D eigenvalue weighted by Gasteiger charge is -2.31. The van der Waals surface area contributed by atoms with Crippen molar-refractivity contribution in [2.24, 2.45) is 0 Å². The Kier molecular flexibility index (Phi) is 5.75. The fourth-order valence-corrected chi connectivity index (χ4v) is 3.68. The molecule has 0 unspecified atom stereocenters. The molecule has 23 heavy (non-hydrogen) atoms. The van der Waals surface area contributed by atoms with Gasteiger partial charge in [0.2, 0.25) is 0 Å². The minimum absolute atomic E-state index is 0.00407. The molecule has 2 aromatic heterocycles. The zero-order valence-electron chi connectivity index (χ0n) is 13.9. The van der Waals surface area contributed by atoms with E-state index in [0.717, 1.165) is 45.0 Å². The summed E-state index contributed by atoms with van der Waals surface area (Å²) in [5.74, 6) is 0.930. The van der Waals surface area contributed by atoms with Crippen molar-refractivity contribution >= 4 is 11.3 Å². The maximum absolute atomic E-state index is 5.91. The molecule has 1 aliphatic rings. The first kappa shape index (κ1) is 16.5. The maximum Gasteiger partial charge on any atom is 0.163 e. The van der Waals surface area contributed by atoms with E-state index in [1.165, 1.54) is 23.5 Å². The van der Waals surface area contributed by atoms with Crippen LogP contribution >= 0.6 is 11.3 Å². The van der Waals surface area contributed by atoms with Crippen LogP contribution in [0.5, 0.6) is 0 Å². The average Bonchev–Trinajstić information content (AvgIpc) is 3.22. The average molecular weight is 335 g/mol. The highest BCUT2D eigenvalue weighted by molar-refractivity contribution is 7.09. The zero-order chi connectivity index (χ0) is 16.1. The van der Waals surface area contributed by atoms with E-state index in [-0.39, 0.29) is 6.10 Å².